The van der Waals surface area contributed by atoms with E-state index >= 15 is 0 Å². The molecule has 2 heterocycles. The summed E-state index contributed by atoms with van der Waals surface area (Å²) in [6.45, 7) is 4.17. The van der Waals surface area contributed by atoms with Gasteiger partial charge >= 0.3 is 6.03 Å². The number of nitrogens with two attached hydrogens (primary N) is 1. The second kappa shape index (κ2) is 10.3. The largest absolute Gasteiger partial charge is 0.495 e. The van der Waals surface area contributed by atoms with Crippen LogP contribution in [0.5, 0.6) is 5.75 Å². The van der Waals surface area contributed by atoms with Gasteiger partial charge in [-0.3, -0.25) is 4.90 Å². The highest BCUT2D eigenvalue weighted by Crippen LogP contribution is 2.27. The van der Waals surface area contributed by atoms with Crippen LogP contribution in [0.2, 0.25) is 0 Å². The number of nitrogen functional groups attached to an aromatic ring is 1. The lowest BCUT2D eigenvalue weighted by atomic mass is 10.2. The van der Waals surface area contributed by atoms with Gasteiger partial charge in [-0.1, -0.05) is 0 Å². The monoisotopic (exact) mass is 462 g/mol. The summed E-state index contributed by atoms with van der Waals surface area (Å²) in [5, 5.41) is 6.08. The number of likely N-dealkylation sites (N-methyl/N-ethyl adjacent to an activating group) is 1. The molecule has 0 unspecified atom stereocenters. The third kappa shape index (κ3) is 5.46. The van der Waals surface area contributed by atoms with E-state index in [2.05, 4.69) is 49.6 Å². The number of aromatic nitrogens is 2. The van der Waals surface area contributed by atoms with Crippen LogP contribution in [-0.2, 0) is 0 Å². The lowest BCUT2D eigenvalue weighted by molar-refractivity contribution is 0.257. The van der Waals surface area contributed by atoms with Crippen LogP contribution in [0.25, 0.3) is 0 Å². The van der Waals surface area contributed by atoms with Gasteiger partial charge in [-0.05, 0) is 49.5 Å². The van der Waals surface area contributed by atoms with E-state index in [9.17, 15) is 4.79 Å². The van der Waals surface area contributed by atoms with Gasteiger partial charge in [0, 0.05) is 56.4 Å². The molecule has 4 rings (SSSR count). The van der Waals surface area contributed by atoms with Gasteiger partial charge in [0.2, 0.25) is 0 Å². The number of urea groups is 1. The maximum absolute atomic E-state index is 12.8. The molecule has 178 valence electrons. The maximum Gasteiger partial charge on any atom is 0.327 e. The Morgan fingerprint density at radius 1 is 1.06 bits per heavy atom. The van der Waals surface area contributed by atoms with Crippen molar-refractivity contribution in [2.24, 2.45) is 0 Å². The molecule has 34 heavy (non-hydrogen) atoms. The normalized spacial score (nSPS) is 13.9. The van der Waals surface area contributed by atoms with E-state index in [0.717, 1.165) is 31.9 Å². The topological polar surface area (TPSA) is 112 Å². The summed E-state index contributed by atoms with van der Waals surface area (Å²) >= 11 is 0. The fraction of sp³-hybridized carbons (Fsp3) is 0.292. The molecule has 10 nitrogen and oxygen atoms in total. The molecule has 3 aromatic rings. The number of nitrogens with zero attached hydrogens (tertiary/aromatic N) is 5. The molecule has 1 fully saturated rings. The Kier molecular flexibility index (Phi) is 6.98. The molecule has 0 atom stereocenters. The van der Waals surface area contributed by atoms with Crippen molar-refractivity contribution in [1.82, 2.24) is 14.9 Å². The number of ether oxygens (including phenoxy) is 1. The molecule has 0 spiro atoms. The Labute approximate surface area is 199 Å². The summed E-state index contributed by atoms with van der Waals surface area (Å²) in [7, 11) is 5.31. The Bertz CT molecular complexity index is 1130. The molecule has 0 radical (unpaired) electrons. The highest BCUT2D eigenvalue weighted by molar-refractivity contribution is 6.02. The second-order valence-corrected chi connectivity index (χ2v) is 8.17. The lowest BCUT2D eigenvalue weighted by Gasteiger charge is -2.34. The number of benzene rings is 2. The first-order valence-electron chi connectivity index (χ1n) is 11.0. The predicted molar refractivity (Wildman–Crippen MR) is 136 cm³/mol. The standard InChI is InChI=1S/C24H30N8O2/c1-30-10-12-32(13-11-30)19-7-5-18(6-8-19)28-22-15-23(27-16-26-22)31(2)24(33)29-20-14-17(25)4-9-21(20)34-3/h4-9,14-16H,10-13,25H2,1-3H3,(H,29,33)(H,26,27,28). The van der Waals surface area contributed by atoms with E-state index < -0.39 is 0 Å². The molecule has 0 saturated carbocycles. The zero-order valence-electron chi connectivity index (χ0n) is 19.7. The second-order valence-electron chi connectivity index (χ2n) is 8.17. The Hall–Kier alpha value is -4.05. The summed E-state index contributed by atoms with van der Waals surface area (Å²) in [4.78, 5) is 27.4. The summed E-state index contributed by atoms with van der Waals surface area (Å²) in [6.07, 6.45) is 1.42. The van der Waals surface area contributed by atoms with Crippen molar-refractivity contribution in [2.45, 2.75) is 0 Å². The van der Waals surface area contributed by atoms with Gasteiger partial charge in [0.25, 0.3) is 0 Å². The summed E-state index contributed by atoms with van der Waals surface area (Å²) < 4.78 is 5.29. The molecular weight excluding hydrogens is 432 g/mol. The quantitative estimate of drug-likeness (QED) is 0.479. The Balaban J connectivity index is 1.41. The van der Waals surface area contributed by atoms with E-state index in [1.54, 1.807) is 31.3 Å². The highest BCUT2D eigenvalue weighted by atomic mass is 16.5. The highest BCUT2D eigenvalue weighted by Gasteiger charge is 2.16. The Morgan fingerprint density at radius 3 is 2.50 bits per heavy atom. The van der Waals surface area contributed by atoms with E-state index in [-0.39, 0.29) is 6.03 Å². The molecule has 10 heteroatoms. The van der Waals surface area contributed by atoms with Crippen LogP contribution in [0.4, 0.5) is 39.2 Å². The van der Waals surface area contributed by atoms with Crippen LogP contribution < -0.4 is 30.9 Å². The van der Waals surface area contributed by atoms with Gasteiger partial charge in [0.05, 0.1) is 12.8 Å². The van der Waals surface area contributed by atoms with Gasteiger partial charge in [0.15, 0.2) is 0 Å². The van der Waals surface area contributed by atoms with Gasteiger partial charge in [-0.15, -0.1) is 0 Å². The first-order valence-corrected chi connectivity index (χ1v) is 11.0. The molecule has 0 aliphatic carbocycles. The summed E-state index contributed by atoms with van der Waals surface area (Å²) in [6, 6.07) is 14.6. The number of nitrogens with one attached hydrogen (secondary N) is 2. The summed E-state index contributed by atoms with van der Waals surface area (Å²) in [5.41, 5.74) is 8.95. The van der Waals surface area contributed by atoms with Crippen molar-refractivity contribution in [2.75, 3.05) is 73.6 Å². The Morgan fingerprint density at radius 2 is 1.79 bits per heavy atom. The van der Waals surface area contributed by atoms with Crippen LogP contribution in [0.15, 0.2) is 54.9 Å². The molecular formula is C24H30N8O2. The van der Waals surface area contributed by atoms with Crippen LogP contribution >= 0.6 is 0 Å². The fourth-order valence-corrected chi connectivity index (χ4v) is 3.69. The minimum atomic E-state index is -0.384. The molecule has 1 aliphatic rings. The average molecular weight is 463 g/mol. The van der Waals surface area contributed by atoms with Crippen LogP contribution in [-0.4, -0.2) is 68.3 Å². The first-order chi connectivity index (χ1) is 16.4. The molecule has 1 aliphatic heterocycles. The van der Waals surface area contributed by atoms with Crippen molar-refractivity contribution in [3.8, 4) is 5.75 Å². The van der Waals surface area contributed by atoms with Crippen molar-refractivity contribution >= 4 is 40.4 Å². The molecule has 1 aromatic heterocycles. The molecule has 1 saturated heterocycles. The number of hydrogen-bond acceptors (Lipinski definition) is 8. The number of carbonyl (C=O) groups is 1. The van der Waals surface area contributed by atoms with Gasteiger partial charge < -0.3 is 30.9 Å². The first kappa shape index (κ1) is 23.1. The predicted octanol–water partition coefficient (Wildman–Crippen LogP) is 3.23. The van der Waals surface area contributed by atoms with Gasteiger partial charge in [-0.25, -0.2) is 14.8 Å². The molecule has 0 bridgehead atoms. The van der Waals surface area contributed by atoms with E-state index in [4.69, 9.17) is 10.5 Å². The SMILES string of the molecule is COc1ccc(N)cc1NC(=O)N(C)c1cc(Nc2ccc(N3CCN(C)CC3)cc2)ncn1. The van der Waals surface area contributed by atoms with Crippen molar-refractivity contribution in [3.63, 3.8) is 0 Å². The fourth-order valence-electron chi connectivity index (χ4n) is 3.69. The maximum atomic E-state index is 12.8. The lowest BCUT2D eigenvalue weighted by Crippen LogP contribution is -2.44. The third-order valence-electron chi connectivity index (χ3n) is 5.77. The molecule has 2 aromatic carbocycles. The van der Waals surface area contributed by atoms with E-state index in [0.29, 0.717) is 28.8 Å². The van der Waals surface area contributed by atoms with Crippen molar-refractivity contribution in [1.29, 1.82) is 0 Å². The zero-order chi connectivity index (χ0) is 24.1. The number of carbonyl (C=O) groups excluding carboxylic acids is 1. The molecule has 4 N–H and O–H groups in total. The number of amides is 2. The molecule has 2 amide bonds. The third-order valence-corrected chi connectivity index (χ3v) is 5.77. The van der Waals surface area contributed by atoms with Crippen LogP contribution in [0, 0.1) is 0 Å². The smallest absolute Gasteiger partial charge is 0.327 e. The van der Waals surface area contributed by atoms with E-state index in [1.165, 1.54) is 24.0 Å². The summed E-state index contributed by atoms with van der Waals surface area (Å²) in [5.74, 6) is 1.53. The number of piperazine rings is 1. The van der Waals surface area contributed by atoms with Crippen molar-refractivity contribution in [3.05, 3.63) is 54.9 Å². The minimum Gasteiger partial charge on any atom is -0.495 e. The van der Waals surface area contributed by atoms with Gasteiger partial charge in [-0.2, -0.15) is 0 Å². The van der Waals surface area contributed by atoms with Crippen molar-refractivity contribution < 1.29 is 9.53 Å². The van der Waals surface area contributed by atoms with Gasteiger partial charge in [0.1, 0.15) is 23.7 Å². The number of anilines is 6. The number of hydrogen-bond donors (Lipinski definition) is 3. The number of rotatable bonds is 6. The number of methoxy groups -OCH3 is 1. The zero-order valence-corrected chi connectivity index (χ0v) is 19.7. The van der Waals surface area contributed by atoms with E-state index in [1.807, 2.05) is 12.1 Å². The van der Waals surface area contributed by atoms with Crippen LogP contribution in [0.3, 0.4) is 0 Å². The minimum absolute atomic E-state index is 0.384. The van der Waals surface area contributed by atoms with Crippen LogP contribution in [0.1, 0.15) is 0 Å². The average Bonchev–Trinajstić information content (AvgIpc) is 2.85.